The number of fused-ring (bicyclic) bond motifs is 1. The van der Waals surface area contributed by atoms with Crippen LogP contribution in [-0.4, -0.2) is 15.2 Å². The van der Waals surface area contributed by atoms with Gasteiger partial charge in [0.25, 0.3) is 0 Å². The molecule has 1 aliphatic rings. The highest BCUT2D eigenvalue weighted by Crippen LogP contribution is 2.46. The van der Waals surface area contributed by atoms with Crippen molar-refractivity contribution in [1.29, 1.82) is 0 Å². The fourth-order valence-corrected chi connectivity index (χ4v) is 3.96. The van der Waals surface area contributed by atoms with E-state index in [0.717, 1.165) is 11.1 Å². The van der Waals surface area contributed by atoms with E-state index >= 15 is 0 Å². The molecule has 0 bridgehead atoms. The molecule has 0 radical (unpaired) electrons. The minimum Gasteiger partial charge on any atom is -0.476 e. The molecule has 2 aromatic carbocycles. The van der Waals surface area contributed by atoms with Crippen molar-refractivity contribution in [1.82, 2.24) is 0 Å². The van der Waals surface area contributed by atoms with E-state index in [9.17, 15) is 8.60 Å². The number of nitrogens with zero attached hydrogens (tertiary/aromatic N) is 1. The van der Waals surface area contributed by atoms with Gasteiger partial charge in [0, 0.05) is 28.1 Å². The molecular weight excluding hydrogens is 441 g/mol. The summed E-state index contributed by atoms with van der Waals surface area (Å²) in [6, 6.07) is 10.8. The Morgan fingerprint density at radius 1 is 1.35 bits per heavy atom. The highest BCUT2D eigenvalue weighted by Gasteiger charge is 2.42. The van der Waals surface area contributed by atoms with Gasteiger partial charge < -0.3 is 4.74 Å². The maximum Gasteiger partial charge on any atom is 0.174 e. The molecule has 1 unspecified atom stereocenters. The quantitative estimate of drug-likeness (QED) is 0.443. The molecule has 0 N–H and O–H groups in total. The molecule has 1 aliphatic heterocycles. The molecule has 3 nitrogen and oxygen atoms in total. The Labute approximate surface area is 168 Å². The second-order valence-electron chi connectivity index (χ2n) is 7.09. The fourth-order valence-electron chi connectivity index (χ4n) is 2.68. The van der Waals surface area contributed by atoms with Crippen molar-refractivity contribution >= 4 is 44.7 Å². The Morgan fingerprint density at radius 3 is 2.62 bits per heavy atom. The number of benzene rings is 2. The minimum atomic E-state index is -1.43. The molecule has 0 saturated heterocycles. The van der Waals surface area contributed by atoms with Crippen LogP contribution in [-0.2, 0) is 23.0 Å². The van der Waals surface area contributed by atoms with Crippen molar-refractivity contribution < 1.29 is 13.3 Å². The van der Waals surface area contributed by atoms with E-state index in [-0.39, 0.29) is 5.02 Å². The third-order valence-corrected chi connectivity index (χ3v) is 6.91. The maximum absolute atomic E-state index is 14.0. The Morgan fingerprint density at radius 2 is 2.00 bits per heavy atom. The molecule has 138 valence electrons. The van der Waals surface area contributed by atoms with Crippen LogP contribution in [0.4, 0.5) is 4.39 Å². The number of hydrogen-bond donors (Lipinski definition) is 0. The molecule has 0 fully saturated rings. The van der Waals surface area contributed by atoms with E-state index in [4.69, 9.17) is 16.3 Å². The first-order valence-corrected chi connectivity index (χ1v) is 10.3. The van der Waals surface area contributed by atoms with E-state index in [1.807, 2.05) is 51.1 Å². The molecule has 2 aromatic rings. The summed E-state index contributed by atoms with van der Waals surface area (Å²) in [5.41, 5.74) is 0.631. The van der Waals surface area contributed by atoms with Gasteiger partial charge in [-0.2, -0.15) is 4.40 Å². The number of ether oxygens (including phenoxy) is 1. The molecule has 0 spiro atoms. The van der Waals surface area contributed by atoms with Crippen LogP contribution in [0, 0.1) is 5.82 Å². The summed E-state index contributed by atoms with van der Waals surface area (Å²) in [4.78, 5) is 0. The van der Waals surface area contributed by atoms with E-state index in [2.05, 4.69) is 20.3 Å². The van der Waals surface area contributed by atoms with Gasteiger partial charge in [0.1, 0.15) is 22.6 Å². The molecule has 0 amide bonds. The monoisotopic (exact) mass is 457 g/mol. The first kappa shape index (κ1) is 19.5. The van der Waals surface area contributed by atoms with Crippen molar-refractivity contribution in [2.24, 2.45) is 4.40 Å². The van der Waals surface area contributed by atoms with Crippen molar-refractivity contribution in [2.45, 2.75) is 37.5 Å². The van der Waals surface area contributed by atoms with Gasteiger partial charge in [0.05, 0.1) is 16.0 Å². The number of hydrogen-bond acceptors (Lipinski definition) is 2. The van der Waals surface area contributed by atoms with Crippen molar-refractivity contribution in [3.8, 4) is 5.75 Å². The second-order valence-corrected chi connectivity index (χ2v) is 10.2. The lowest BCUT2D eigenvalue weighted by Gasteiger charge is -2.25. The summed E-state index contributed by atoms with van der Waals surface area (Å²) < 4.78 is 36.8. The summed E-state index contributed by atoms with van der Waals surface area (Å²) in [7, 11) is -1.43. The first-order chi connectivity index (χ1) is 12.1. The molecular formula is C19H18BrClFNO2S. The summed E-state index contributed by atoms with van der Waals surface area (Å²) in [5.74, 6) is -0.160. The standard InChI is InChI=1S/C19H18BrClFNO2S/c1-18(2,3)26(24)23-11-19(12-7-5-4-6-8-12)10-13-15(25-19)9-14(22)17(21)16(13)20/h4-9,11H,10H2,1-3H3/b23-11+/t19-,26?/m1/s1. The summed E-state index contributed by atoms with van der Waals surface area (Å²) >= 11 is 9.39. The zero-order chi connectivity index (χ0) is 19.1. The van der Waals surface area contributed by atoms with E-state index in [1.54, 1.807) is 6.21 Å². The van der Waals surface area contributed by atoms with Gasteiger partial charge in [-0.05, 0) is 36.7 Å². The lowest BCUT2D eigenvalue weighted by molar-refractivity contribution is 0.177. The van der Waals surface area contributed by atoms with E-state index < -0.39 is 27.2 Å². The third-order valence-electron chi connectivity index (χ3n) is 4.10. The van der Waals surface area contributed by atoms with Gasteiger partial charge in [-0.3, -0.25) is 0 Å². The van der Waals surface area contributed by atoms with Crippen molar-refractivity contribution in [3.05, 3.63) is 62.8 Å². The normalized spacial score (nSPS) is 20.8. The molecule has 2 atom stereocenters. The van der Waals surface area contributed by atoms with Gasteiger partial charge in [-0.15, -0.1) is 0 Å². The van der Waals surface area contributed by atoms with E-state index in [0.29, 0.717) is 16.6 Å². The summed E-state index contributed by atoms with van der Waals surface area (Å²) in [6.45, 7) is 5.56. The average molecular weight is 459 g/mol. The summed E-state index contributed by atoms with van der Waals surface area (Å²) in [5, 5.41) is 0.0198. The largest absolute Gasteiger partial charge is 0.476 e. The highest BCUT2D eigenvalue weighted by atomic mass is 79.9. The topological polar surface area (TPSA) is 38.7 Å². The Balaban J connectivity index is 2.09. The smallest absolute Gasteiger partial charge is 0.174 e. The fraction of sp³-hybridized carbons (Fsp3) is 0.316. The van der Waals surface area contributed by atoms with Crippen molar-refractivity contribution in [2.75, 3.05) is 0 Å². The Hall–Kier alpha value is -1.24. The van der Waals surface area contributed by atoms with Crippen LogP contribution >= 0.6 is 27.5 Å². The van der Waals surface area contributed by atoms with Crippen LogP contribution in [0.15, 0.2) is 45.3 Å². The van der Waals surface area contributed by atoms with Crippen LogP contribution in [0.3, 0.4) is 0 Å². The molecule has 3 rings (SSSR count). The molecule has 7 heteroatoms. The average Bonchev–Trinajstić information content (AvgIpc) is 2.97. The second kappa shape index (κ2) is 7.06. The zero-order valence-electron chi connectivity index (χ0n) is 14.6. The van der Waals surface area contributed by atoms with Crippen LogP contribution in [0.1, 0.15) is 31.9 Å². The molecule has 0 aliphatic carbocycles. The van der Waals surface area contributed by atoms with Crippen LogP contribution in [0.5, 0.6) is 5.75 Å². The lowest BCUT2D eigenvalue weighted by Crippen LogP contribution is -2.34. The first-order valence-electron chi connectivity index (χ1n) is 8.02. The summed E-state index contributed by atoms with van der Waals surface area (Å²) in [6.07, 6.45) is 1.97. The molecule has 0 aromatic heterocycles. The number of rotatable bonds is 3. The predicted octanol–water partition coefficient (Wildman–Crippen LogP) is 5.61. The molecule has 26 heavy (non-hydrogen) atoms. The number of halogens is 3. The Bertz CT molecular complexity index is 899. The van der Waals surface area contributed by atoms with Gasteiger partial charge in [-0.25, -0.2) is 8.60 Å². The third kappa shape index (κ3) is 3.59. The van der Waals surface area contributed by atoms with Crippen LogP contribution in [0.25, 0.3) is 0 Å². The minimum absolute atomic E-state index is 0.0198. The lowest BCUT2D eigenvalue weighted by atomic mass is 9.90. The zero-order valence-corrected chi connectivity index (χ0v) is 17.7. The molecule has 1 heterocycles. The predicted molar refractivity (Wildman–Crippen MR) is 108 cm³/mol. The van der Waals surface area contributed by atoms with E-state index in [1.165, 1.54) is 6.07 Å². The van der Waals surface area contributed by atoms with Gasteiger partial charge in [0.15, 0.2) is 5.60 Å². The maximum atomic E-state index is 14.0. The van der Waals surface area contributed by atoms with Gasteiger partial charge in [-0.1, -0.05) is 41.9 Å². The van der Waals surface area contributed by atoms with Gasteiger partial charge in [0.2, 0.25) is 0 Å². The van der Waals surface area contributed by atoms with Crippen molar-refractivity contribution in [3.63, 3.8) is 0 Å². The van der Waals surface area contributed by atoms with Gasteiger partial charge >= 0.3 is 0 Å². The van der Waals surface area contributed by atoms with Crippen LogP contribution in [0.2, 0.25) is 5.02 Å². The molecule has 0 saturated carbocycles. The Kier molecular flexibility index (Phi) is 5.30. The SMILES string of the molecule is CC(C)(C)S(=O)/N=C/[C@@]1(c2ccccc2)Cc2c(cc(F)c(Cl)c2Br)O1. The van der Waals surface area contributed by atoms with Crippen LogP contribution < -0.4 is 4.74 Å². The highest BCUT2D eigenvalue weighted by molar-refractivity contribution is 9.10.